The normalized spacial score (nSPS) is 13.2. The Morgan fingerprint density at radius 1 is 1.08 bits per heavy atom. The van der Waals surface area contributed by atoms with Gasteiger partial charge in [0.1, 0.15) is 0 Å². The first-order valence-electron chi connectivity index (χ1n) is 5.06. The van der Waals surface area contributed by atoms with Crippen molar-refractivity contribution in [2.24, 2.45) is 0 Å². The van der Waals surface area contributed by atoms with Gasteiger partial charge in [-0.25, -0.2) is 0 Å². The molecule has 0 radical (unpaired) electrons. The Morgan fingerprint density at radius 3 is 2.33 bits per heavy atom. The van der Waals surface area contributed by atoms with Gasteiger partial charge in [-0.15, -0.1) is 0 Å². The summed E-state index contributed by atoms with van der Waals surface area (Å²) in [7, 11) is 0. The van der Waals surface area contributed by atoms with Gasteiger partial charge in [0.25, 0.3) is 0 Å². The molecule has 0 aromatic heterocycles. The fraction of sp³-hybridized carbons (Fsp3) is 1.00. The summed E-state index contributed by atoms with van der Waals surface area (Å²) in [4.78, 5) is 0.705. The molecule has 1 N–H and O–H groups in total. The van der Waals surface area contributed by atoms with E-state index in [0.717, 1.165) is 6.42 Å². The Kier molecular flexibility index (Phi) is 9.88. The van der Waals surface area contributed by atoms with Gasteiger partial charge in [0.2, 0.25) is 0 Å². The maximum Gasteiger partial charge on any atom is 0.0431 e. The van der Waals surface area contributed by atoms with Crippen molar-refractivity contribution in [1.29, 1.82) is 0 Å². The van der Waals surface area contributed by atoms with E-state index in [9.17, 15) is 0 Å². The lowest BCUT2D eigenvalue weighted by Crippen LogP contribution is -1.97. The van der Waals surface area contributed by atoms with E-state index in [4.69, 9.17) is 5.11 Å². The summed E-state index contributed by atoms with van der Waals surface area (Å²) in [5.41, 5.74) is 0. The van der Waals surface area contributed by atoms with Gasteiger partial charge >= 0.3 is 0 Å². The second-order valence-corrected chi connectivity index (χ2v) is 4.61. The number of rotatable bonds is 8. The van der Waals surface area contributed by atoms with Crippen molar-refractivity contribution in [1.82, 2.24) is 0 Å². The zero-order chi connectivity index (χ0) is 9.23. The zero-order valence-corrected chi connectivity index (χ0v) is 9.65. The van der Waals surface area contributed by atoms with E-state index in [1.165, 1.54) is 38.5 Å². The summed E-state index contributed by atoms with van der Waals surface area (Å²) in [6.45, 7) is 2.58. The van der Waals surface area contributed by atoms with E-state index in [1.807, 2.05) is 0 Å². The van der Waals surface area contributed by atoms with Gasteiger partial charge in [0, 0.05) is 11.4 Å². The van der Waals surface area contributed by atoms with Crippen LogP contribution in [0.25, 0.3) is 0 Å². The minimum Gasteiger partial charge on any atom is -0.396 e. The molecule has 0 aliphatic heterocycles. The van der Waals surface area contributed by atoms with Crippen LogP contribution in [0, 0.1) is 0 Å². The largest absolute Gasteiger partial charge is 0.396 e. The predicted molar refractivity (Wildman–Crippen MR) is 57.8 cm³/mol. The molecule has 0 aliphatic rings. The van der Waals surface area contributed by atoms with Crippen molar-refractivity contribution in [2.75, 3.05) is 6.61 Å². The van der Waals surface area contributed by atoms with Crippen LogP contribution in [0.1, 0.15) is 51.9 Å². The lowest BCUT2D eigenvalue weighted by molar-refractivity contribution is 0.282. The third-order valence-electron chi connectivity index (χ3n) is 2.05. The van der Waals surface area contributed by atoms with Crippen molar-refractivity contribution < 1.29 is 5.11 Å². The van der Waals surface area contributed by atoms with Crippen LogP contribution in [0.5, 0.6) is 0 Å². The molecule has 0 spiro atoms. The van der Waals surface area contributed by atoms with Crippen LogP contribution in [-0.2, 0) is 0 Å². The van der Waals surface area contributed by atoms with Gasteiger partial charge in [0.05, 0.1) is 0 Å². The molecular formula is C10H21BrO. The van der Waals surface area contributed by atoms with Gasteiger partial charge < -0.3 is 5.11 Å². The van der Waals surface area contributed by atoms with Crippen molar-refractivity contribution in [3.8, 4) is 0 Å². The minimum absolute atomic E-state index is 0.349. The highest BCUT2D eigenvalue weighted by molar-refractivity contribution is 9.09. The number of aliphatic hydroxyl groups excluding tert-OH is 1. The fourth-order valence-electron chi connectivity index (χ4n) is 1.22. The van der Waals surface area contributed by atoms with Crippen molar-refractivity contribution >= 4 is 15.9 Å². The quantitative estimate of drug-likeness (QED) is 0.506. The highest BCUT2D eigenvalue weighted by Crippen LogP contribution is 2.16. The topological polar surface area (TPSA) is 20.2 Å². The fourth-order valence-corrected chi connectivity index (χ4v) is 1.87. The molecule has 0 aromatic rings. The molecule has 0 aliphatic carbocycles. The Balaban J connectivity index is 3.02. The van der Waals surface area contributed by atoms with Gasteiger partial charge in [0.15, 0.2) is 0 Å². The number of hydrogen-bond donors (Lipinski definition) is 1. The maximum absolute atomic E-state index is 8.56. The van der Waals surface area contributed by atoms with E-state index >= 15 is 0 Å². The van der Waals surface area contributed by atoms with Crippen LogP contribution in [0.3, 0.4) is 0 Å². The molecule has 0 saturated carbocycles. The molecule has 0 saturated heterocycles. The molecule has 0 heterocycles. The Bertz CT molecular complexity index is 85.9. The summed E-state index contributed by atoms with van der Waals surface area (Å²) in [6.07, 6.45) is 8.57. The zero-order valence-electron chi connectivity index (χ0n) is 8.06. The van der Waals surface area contributed by atoms with Crippen molar-refractivity contribution in [3.05, 3.63) is 0 Å². The first kappa shape index (κ1) is 12.4. The molecule has 74 valence electrons. The molecule has 1 nitrogen and oxygen atoms in total. The van der Waals surface area contributed by atoms with Crippen LogP contribution in [0.15, 0.2) is 0 Å². The second kappa shape index (κ2) is 9.53. The number of halogens is 1. The summed E-state index contributed by atoms with van der Waals surface area (Å²) in [5.74, 6) is 0. The van der Waals surface area contributed by atoms with Gasteiger partial charge in [-0.1, -0.05) is 48.5 Å². The summed E-state index contributed by atoms with van der Waals surface area (Å²) < 4.78 is 0. The van der Waals surface area contributed by atoms with E-state index in [-0.39, 0.29) is 0 Å². The first-order chi connectivity index (χ1) is 5.81. The molecule has 1 atom stereocenters. The summed E-state index contributed by atoms with van der Waals surface area (Å²) in [6, 6.07) is 0. The third kappa shape index (κ3) is 8.54. The molecule has 0 amide bonds. The number of unbranched alkanes of at least 4 members (excludes halogenated alkanes) is 3. The van der Waals surface area contributed by atoms with Gasteiger partial charge in [-0.05, 0) is 19.3 Å². The van der Waals surface area contributed by atoms with E-state index in [2.05, 4.69) is 22.9 Å². The predicted octanol–water partition coefficient (Wildman–Crippen LogP) is 3.49. The first-order valence-corrected chi connectivity index (χ1v) is 5.97. The van der Waals surface area contributed by atoms with E-state index in [0.29, 0.717) is 11.4 Å². The molecule has 1 unspecified atom stereocenters. The van der Waals surface area contributed by atoms with Crippen LogP contribution < -0.4 is 0 Å². The van der Waals surface area contributed by atoms with Crippen LogP contribution in [0.4, 0.5) is 0 Å². The second-order valence-electron chi connectivity index (χ2n) is 3.31. The third-order valence-corrected chi connectivity index (χ3v) is 2.96. The average Bonchev–Trinajstić information content (AvgIpc) is 2.09. The Morgan fingerprint density at radius 2 is 1.75 bits per heavy atom. The Labute approximate surface area is 84.7 Å². The van der Waals surface area contributed by atoms with E-state index in [1.54, 1.807) is 0 Å². The van der Waals surface area contributed by atoms with Crippen molar-refractivity contribution in [3.63, 3.8) is 0 Å². The minimum atomic E-state index is 0.349. The maximum atomic E-state index is 8.56. The number of hydrogen-bond acceptors (Lipinski definition) is 1. The molecule has 12 heavy (non-hydrogen) atoms. The SMILES string of the molecule is CCCCC(Br)CCCCCO. The lowest BCUT2D eigenvalue weighted by Gasteiger charge is -2.07. The monoisotopic (exact) mass is 236 g/mol. The van der Waals surface area contributed by atoms with Gasteiger partial charge in [-0.3, -0.25) is 0 Å². The standard InChI is InChI=1S/C10H21BrO/c1-2-3-7-10(11)8-5-4-6-9-12/h10,12H,2-9H2,1H3. The van der Waals surface area contributed by atoms with Crippen LogP contribution in [0.2, 0.25) is 0 Å². The molecule has 2 heteroatoms. The summed E-state index contributed by atoms with van der Waals surface area (Å²) >= 11 is 3.67. The Hall–Kier alpha value is 0.440. The molecule has 0 fully saturated rings. The van der Waals surface area contributed by atoms with Crippen molar-refractivity contribution in [2.45, 2.75) is 56.7 Å². The molecule has 0 aromatic carbocycles. The summed E-state index contributed by atoms with van der Waals surface area (Å²) in [5, 5.41) is 8.56. The van der Waals surface area contributed by atoms with Crippen LogP contribution >= 0.6 is 15.9 Å². The number of aliphatic hydroxyl groups is 1. The van der Waals surface area contributed by atoms with E-state index < -0.39 is 0 Å². The molecule has 0 rings (SSSR count). The van der Waals surface area contributed by atoms with Gasteiger partial charge in [-0.2, -0.15) is 0 Å². The molecular weight excluding hydrogens is 216 g/mol. The molecule has 0 bridgehead atoms. The number of alkyl halides is 1. The smallest absolute Gasteiger partial charge is 0.0431 e. The highest BCUT2D eigenvalue weighted by atomic mass is 79.9. The van der Waals surface area contributed by atoms with Crippen LogP contribution in [-0.4, -0.2) is 16.5 Å². The highest BCUT2D eigenvalue weighted by Gasteiger charge is 2.01. The average molecular weight is 237 g/mol. The lowest BCUT2D eigenvalue weighted by atomic mass is 10.1.